The lowest BCUT2D eigenvalue weighted by Gasteiger charge is -2.09. The summed E-state index contributed by atoms with van der Waals surface area (Å²) in [6, 6.07) is 5.73. The fraction of sp³-hybridized carbons (Fsp3) is 0.609. The van der Waals surface area contributed by atoms with Crippen molar-refractivity contribution in [3.8, 4) is 12.3 Å². The highest BCUT2D eigenvalue weighted by atomic mass is 35.5. The Labute approximate surface area is 200 Å². The van der Waals surface area contributed by atoms with E-state index in [4.69, 9.17) is 53.3 Å². The third-order valence-corrected chi connectivity index (χ3v) is 4.98. The summed E-state index contributed by atoms with van der Waals surface area (Å²) in [6.45, 7) is 6.11. The number of hydrogen-bond acceptors (Lipinski definition) is 6. The zero-order chi connectivity index (χ0) is 22.9. The van der Waals surface area contributed by atoms with Crippen molar-refractivity contribution in [2.24, 2.45) is 0 Å². The Balaban J connectivity index is 1.40. The molecular weight excluding hydrogens is 455 g/mol. The fourth-order valence-corrected chi connectivity index (χ4v) is 3.36. The number of aryl methyl sites for hydroxylation is 1. The number of rotatable bonds is 19. The van der Waals surface area contributed by atoms with Crippen molar-refractivity contribution < 1.29 is 23.7 Å². The van der Waals surface area contributed by atoms with E-state index in [1.807, 2.05) is 18.2 Å². The minimum atomic E-state index is 0.315. The summed E-state index contributed by atoms with van der Waals surface area (Å²) in [5.41, 5.74) is 1.94. The van der Waals surface area contributed by atoms with E-state index < -0.39 is 0 Å². The highest BCUT2D eigenvalue weighted by molar-refractivity contribution is 6.31. The molecule has 7 nitrogen and oxygen atoms in total. The van der Waals surface area contributed by atoms with E-state index >= 15 is 0 Å². The van der Waals surface area contributed by atoms with Gasteiger partial charge in [-0.05, 0) is 31.0 Å². The first kappa shape index (κ1) is 26.9. The summed E-state index contributed by atoms with van der Waals surface area (Å²) in [6.07, 6.45) is 7.00. The van der Waals surface area contributed by atoms with Gasteiger partial charge in [0, 0.05) is 18.2 Å². The molecule has 0 aliphatic carbocycles. The van der Waals surface area contributed by atoms with Gasteiger partial charge in [-0.25, -0.2) is 4.98 Å². The number of aromatic nitrogens is 2. The van der Waals surface area contributed by atoms with Gasteiger partial charge in [0.25, 0.3) is 0 Å². The molecule has 0 aliphatic heterocycles. The van der Waals surface area contributed by atoms with Gasteiger partial charge in [0.05, 0.1) is 69.8 Å². The molecular formula is C23H32Cl2N2O5. The van der Waals surface area contributed by atoms with Crippen LogP contribution in [0.1, 0.15) is 18.7 Å². The Hall–Kier alpha value is -1.37. The van der Waals surface area contributed by atoms with Crippen LogP contribution in [0.3, 0.4) is 0 Å². The van der Waals surface area contributed by atoms with Crippen molar-refractivity contribution >= 4 is 34.2 Å². The molecule has 0 saturated heterocycles. The predicted molar refractivity (Wildman–Crippen MR) is 126 cm³/mol. The highest BCUT2D eigenvalue weighted by Gasteiger charge is 2.10. The molecule has 2 rings (SSSR count). The van der Waals surface area contributed by atoms with Crippen molar-refractivity contribution in [2.75, 3.05) is 66.1 Å². The lowest BCUT2D eigenvalue weighted by molar-refractivity contribution is -0.00937. The van der Waals surface area contributed by atoms with Gasteiger partial charge in [-0.2, -0.15) is 0 Å². The lowest BCUT2D eigenvalue weighted by atomic mass is 10.3. The molecule has 0 N–H and O–H groups in total. The van der Waals surface area contributed by atoms with Crippen LogP contribution in [0.4, 0.5) is 0 Å². The molecule has 0 fully saturated rings. The molecule has 0 spiro atoms. The molecule has 0 amide bonds. The van der Waals surface area contributed by atoms with E-state index in [1.54, 1.807) is 0 Å². The highest BCUT2D eigenvalue weighted by Crippen LogP contribution is 2.22. The number of ether oxygens (including phenoxy) is 5. The standard InChI is InChI=1S/C23H32Cl2N2O5/c1-2-8-28-10-12-30-14-16-32-17-15-31-13-11-29-9-4-3-7-27-22-6-5-20(25)18-21(22)26-23(27)19-24/h1,5-6,18H,3-4,7-17,19H2. The van der Waals surface area contributed by atoms with Gasteiger partial charge in [-0.3, -0.25) is 0 Å². The van der Waals surface area contributed by atoms with E-state index in [2.05, 4.69) is 15.5 Å². The van der Waals surface area contributed by atoms with Crippen LogP contribution in [-0.4, -0.2) is 75.6 Å². The van der Waals surface area contributed by atoms with Gasteiger partial charge in [-0.15, -0.1) is 18.0 Å². The second-order valence-corrected chi connectivity index (χ2v) is 7.56. The summed E-state index contributed by atoms with van der Waals surface area (Å²) >= 11 is 12.1. The first-order valence-corrected chi connectivity index (χ1v) is 11.7. The summed E-state index contributed by atoms with van der Waals surface area (Å²) < 4.78 is 29.1. The van der Waals surface area contributed by atoms with Crippen molar-refractivity contribution in [1.29, 1.82) is 0 Å². The molecule has 0 atom stereocenters. The third-order valence-electron chi connectivity index (χ3n) is 4.50. The number of unbranched alkanes of at least 4 members (excludes halogenated alkanes) is 1. The molecule has 1 heterocycles. The zero-order valence-electron chi connectivity index (χ0n) is 18.4. The van der Waals surface area contributed by atoms with Crippen molar-refractivity contribution in [3.05, 3.63) is 29.0 Å². The fourth-order valence-electron chi connectivity index (χ4n) is 2.99. The van der Waals surface area contributed by atoms with E-state index in [-0.39, 0.29) is 0 Å². The Kier molecular flexibility index (Phi) is 14.4. The molecule has 1 aromatic carbocycles. The maximum absolute atomic E-state index is 6.05. The molecule has 2 aromatic rings. The molecule has 178 valence electrons. The third kappa shape index (κ3) is 10.5. The lowest BCUT2D eigenvalue weighted by Crippen LogP contribution is -2.13. The van der Waals surface area contributed by atoms with Gasteiger partial charge in [-0.1, -0.05) is 17.5 Å². The molecule has 9 heteroatoms. The van der Waals surface area contributed by atoms with Crippen molar-refractivity contribution in [2.45, 2.75) is 25.3 Å². The summed E-state index contributed by atoms with van der Waals surface area (Å²) in [7, 11) is 0. The van der Waals surface area contributed by atoms with Crippen LogP contribution in [0, 0.1) is 12.3 Å². The largest absolute Gasteiger partial charge is 0.379 e. The number of hydrogen-bond donors (Lipinski definition) is 0. The van der Waals surface area contributed by atoms with Crippen molar-refractivity contribution in [1.82, 2.24) is 9.55 Å². The monoisotopic (exact) mass is 486 g/mol. The number of halogens is 2. The van der Waals surface area contributed by atoms with Gasteiger partial charge >= 0.3 is 0 Å². The summed E-state index contributed by atoms with van der Waals surface area (Å²) in [5, 5.41) is 0.679. The van der Waals surface area contributed by atoms with Crippen LogP contribution in [0.5, 0.6) is 0 Å². The minimum Gasteiger partial charge on any atom is -0.379 e. The first-order chi connectivity index (χ1) is 15.8. The predicted octanol–water partition coefficient (Wildman–Crippen LogP) is 3.92. The Bertz CT molecular complexity index is 810. The number of imidazole rings is 1. The van der Waals surface area contributed by atoms with Crippen LogP contribution in [0.25, 0.3) is 11.0 Å². The quantitative estimate of drug-likeness (QED) is 0.170. The van der Waals surface area contributed by atoms with E-state index in [0.29, 0.717) is 77.0 Å². The molecule has 0 aliphatic rings. The van der Waals surface area contributed by atoms with Crippen molar-refractivity contribution in [3.63, 3.8) is 0 Å². The number of benzene rings is 1. The SMILES string of the molecule is C#CCOCCOCCOCCOCCOCCCCn1c(CCl)nc2cc(Cl)ccc21. The number of fused-ring (bicyclic) bond motifs is 1. The Morgan fingerprint density at radius 3 is 2.03 bits per heavy atom. The maximum Gasteiger partial charge on any atom is 0.124 e. The number of nitrogens with zero attached hydrogens (tertiary/aromatic N) is 2. The van der Waals surface area contributed by atoms with Gasteiger partial charge in [0.1, 0.15) is 12.4 Å². The van der Waals surface area contributed by atoms with Crippen LogP contribution in [-0.2, 0) is 36.1 Å². The van der Waals surface area contributed by atoms with Gasteiger partial charge in [0.15, 0.2) is 0 Å². The van der Waals surface area contributed by atoms with E-state index in [1.165, 1.54) is 0 Å². The van der Waals surface area contributed by atoms with E-state index in [0.717, 1.165) is 36.2 Å². The maximum atomic E-state index is 6.05. The number of terminal acetylenes is 1. The molecule has 0 saturated carbocycles. The molecule has 0 unspecified atom stereocenters. The van der Waals surface area contributed by atoms with E-state index in [9.17, 15) is 0 Å². The van der Waals surface area contributed by atoms with Crippen LogP contribution in [0.15, 0.2) is 18.2 Å². The van der Waals surface area contributed by atoms with Gasteiger partial charge < -0.3 is 28.3 Å². The second kappa shape index (κ2) is 17.2. The first-order valence-electron chi connectivity index (χ1n) is 10.8. The molecule has 1 aromatic heterocycles. The Morgan fingerprint density at radius 2 is 1.44 bits per heavy atom. The summed E-state index contributed by atoms with van der Waals surface area (Å²) in [4.78, 5) is 4.56. The van der Waals surface area contributed by atoms with Crippen LogP contribution < -0.4 is 0 Å². The van der Waals surface area contributed by atoms with Gasteiger partial charge in [0.2, 0.25) is 0 Å². The number of alkyl halides is 1. The molecule has 0 radical (unpaired) electrons. The topological polar surface area (TPSA) is 64.0 Å². The smallest absolute Gasteiger partial charge is 0.124 e. The minimum absolute atomic E-state index is 0.315. The average molecular weight is 487 g/mol. The zero-order valence-corrected chi connectivity index (χ0v) is 19.9. The summed E-state index contributed by atoms with van der Waals surface area (Å²) in [5.74, 6) is 3.64. The average Bonchev–Trinajstić information content (AvgIpc) is 3.14. The van der Waals surface area contributed by atoms with Crippen LogP contribution >= 0.6 is 23.2 Å². The molecule has 32 heavy (non-hydrogen) atoms. The molecule has 0 bridgehead atoms. The second-order valence-electron chi connectivity index (χ2n) is 6.86. The normalized spacial score (nSPS) is 11.3. The Morgan fingerprint density at radius 1 is 0.844 bits per heavy atom. The van der Waals surface area contributed by atoms with Crippen LogP contribution in [0.2, 0.25) is 5.02 Å².